The van der Waals surface area contributed by atoms with Gasteiger partial charge in [0.05, 0.1) is 0 Å². The second-order valence-corrected chi connectivity index (χ2v) is 14.5. The van der Waals surface area contributed by atoms with Crippen molar-refractivity contribution in [3.8, 4) is 45.6 Å². The zero-order valence-electron chi connectivity index (χ0n) is 32.1. The monoisotopic (exact) mass is 698 g/mol. The van der Waals surface area contributed by atoms with Gasteiger partial charge in [0.15, 0.2) is 23.0 Å². The van der Waals surface area contributed by atoms with Crippen molar-refractivity contribution < 1.29 is 14.2 Å². The lowest BCUT2D eigenvalue weighted by atomic mass is 9.78. The van der Waals surface area contributed by atoms with Gasteiger partial charge in [-0.3, -0.25) is 0 Å². The molecule has 0 saturated carbocycles. The van der Waals surface area contributed by atoms with Gasteiger partial charge in [-0.25, -0.2) is 0 Å². The highest BCUT2D eigenvalue weighted by Crippen LogP contribution is 2.56. The minimum atomic E-state index is 0.125. The highest BCUT2D eigenvalue weighted by atomic mass is 16.6. The maximum atomic E-state index is 7.06. The van der Waals surface area contributed by atoms with Crippen molar-refractivity contribution in [3.05, 3.63) is 172 Å². The van der Waals surface area contributed by atoms with Gasteiger partial charge in [0, 0.05) is 11.1 Å². The molecule has 6 aromatic rings. The average molecular weight is 699 g/mol. The number of hydrogen-bond donors (Lipinski definition) is 0. The number of hydrogen-bond acceptors (Lipinski definition) is 3. The van der Waals surface area contributed by atoms with Gasteiger partial charge >= 0.3 is 0 Å². The van der Waals surface area contributed by atoms with Crippen LogP contribution in [0.5, 0.6) is 34.5 Å². The van der Waals surface area contributed by atoms with E-state index in [0.29, 0.717) is 17.2 Å². The van der Waals surface area contributed by atoms with Gasteiger partial charge in [-0.1, -0.05) is 144 Å². The van der Waals surface area contributed by atoms with E-state index in [9.17, 15) is 0 Å². The topological polar surface area (TPSA) is 27.7 Å². The molecule has 0 aromatic heterocycles. The van der Waals surface area contributed by atoms with Crippen LogP contribution < -0.4 is 14.2 Å². The summed E-state index contributed by atoms with van der Waals surface area (Å²) in [7, 11) is 0. The summed E-state index contributed by atoms with van der Waals surface area (Å²) in [5.74, 6) is 5.20. The van der Waals surface area contributed by atoms with Crippen LogP contribution in [0.4, 0.5) is 0 Å². The number of ether oxygens (including phenoxy) is 3. The molecule has 0 aliphatic carbocycles. The molecule has 0 saturated heterocycles. The summed E-state index contributed by atoms with van der Waals surface area (Å²) in [4.78, 5) is 0. The zero-order chi connectivity index (χ0) is 37.1. The van der Waals surface area contributed by atoms with Crippen molar-refractivity contribution in [2.24, 2.45) is 0 Å². The normalized spacial score (nSPS) is 13.9. The first-order valence-corrected chi connectivity index (χ1v) is 19.1. The number of benzene rings is 6. The SMILES string of the molecule is CC/C=C(\c1ccccc1)c1ccc(C(C)C(C)c2ccc3c(c2-c2c(C)ccc(C(C)CC)c2Oc2ccccc2C)Oc2ccccc2O3)cc1. The quantitative estimate of drug-likeness (QED) is 0.135. The molecule has 3 nitrogen and oxygen atoms in total. The Morgan fingerprint density at radius 1 is 0.585 bits per heavy atom. The third kappa shape index (κ3) is 7.13. The summed E-state index contributed by atoms with van der Waals surface area (Å²) < 4.78 is 20.5. The molecule has 3 heteroatoms. The number of para-hydroxylation sites is 3. The van der Waals surface area contributed by atoms with Gasteiger partial charge in [-0.2, -0.15) is 0 Å². The third-order valence-electron chi connectivity index (χ3n) is 11.0. The fourth-order valence-corrected chi connectivity index (χ4v) is 7.50. The van der Waals surface area contributed by atoms with Gasteiger partial charge in [0.25, 0.3) is 0 Å². The second-order valence-electron chi connectivity index (χ2n) is 14.5. The zero-order valence-corrected chi connectivity index (χ0v) is 32.1. The predicted molar refractivity (Wildman–Crippen MR) is 220 cm³/mol. The van der Waals surface area contributed by atoms with E-state index in [4.69, 9.17) is 14.2 Å². The molecule has 3 atom stereocenters. The molecular weight excluding hydrogens is 649 g/mol. The number of aryl methyl sites for hydroxylation is 2. The van der Waals surface area contributed by atoms with Crippen molar-refractivity contribution in [1.29, 1.82) is 0 Å². The Hall–Kier alpha value is -5.54. The lowest BCUT2D eigenvalue weighted by Gasteiger charge is -2.30. The van der Waals surface area contributed by atoms with Crippen LogP contribution in [0.3, 0.4) is 0 Å². The van der Waals surface area contributed by atoms with E-state index < -0.39 is 0 Å². The minimum Gasteiger partial charge on any atom is -0.456 e. The van der Waals surface area contributed by atoms with Crippen LogP contribution in [0.2, 0.25) is 0 Å². The Kier molecular flexibility index (Phi) is 10.5. The molecule has 0 bridgehead atoms. The lowest BCUT2D eigenvalue weighted by molar-refractivity contribution is 0.359. The number of fused-ring (bicyclic) bond motifs is 2. The van der Waals surface area contributed by atoms with Crippen LogP contribution in [-0.4, -0.2) is 0 Å². The van der Waals surface area contributed by atoms with Gasteiger partial charge in [-0.15, -0.1) is 0 Å². The molecule has 268 valence electrons. The van der Waals surface area contributed by atoms with E-state index in [1.807, 2.05) is 30.3 Å². The largest absolute Gasteiger partial charge is 0.456 e. The van der Waals surface area contributed by atoms with Crippen molar-refractivity contribution in [3.63, 3.8) is 0 Å². The minimum absolute atomic E-state index is 0.125. The fraction of sp³-hybridized carbons (Fsp3) is 0.240. The van der Waals surface area contributed by atoms with E-state index in [1.165, 1.54) is 33.4 Å². The summed E-state index contributed by atoms with van der Waals surface area (Å²) in [6.07, 6.45) is 4.29. The first kappa shape index (κ1) is 35.8. The standard InChI is InChI=1S/C50H50O3/c1-8-17-42(38-19-11-10-12-20-38)39-27-25-37(26-28-39)35(6)36(7)41-30-31-46-50(53-45-23-16-15-22-44(45)51-46)48(41)47-34(5)24-29-40(32(3)9-2)49(47)52-43-21-14-13-18-33(43)4/h10-32,35-36H,8-9H2,1-7H3/b42-17+. The molecule has 1 aliphatic rings. The molecule has 0 fully saturated rings. The summed E-state index contributed by atoms with van der Waals surface area (Å²) in [5.41, 5.74) is 11.7. The van der Waals surface area contributed by atoms with Gasteiger partial charge in [-0.05, 0) is 113 Å². The Morgan fingerprint density at radius 3 is 1.92 bits per heavy atom. The van der Waals surface area contributed by atoms with Crippen LogP contribution >= 0.6 is 0 Å². The van der Waals surface area contributed by atoms with E-state index in [0.717, 1.165) is 52.3 Å². The maximum Gasteiger partial charge on any atom is 0.178 e. The predicted octanol–water partition coefficient (Wildman–Crippen LogP) is 14.9. The van der Waals surface area contributed by atoms with E-state index >= 15 is 0 Å². The molecule has 0 radical (unpaired) electrons. The molecule has 0 spiro atoms. The van der Waals surface area contributed by atoms with Crippen molar-refractivity contribution >= 4 is 5.57 Å². The number of rotatable bonds is 11. The van der Waals surface area contributed by atoms with E-state index in [1.54, 1.807) is 0 Å². The Balaban J connectivity index is 1.38. The van der Waals surface area contributed by atoms with E-state index in [2.05, 4.69) is 152 Å². The van der Waals surface area contributed by atoms with Crippen LogP contribution in [0.1, 0.15) is 104 Å². The fourth-order valence-electron chi connectivity index (χ4n) is 7.50. The summed E-state index contributed by atoms with van der Waals surface area (Å²) in [6, 6.07) is 44.8. The molecule has 1 aliphatic heterocycles. The molecule has 7 rings (SSSR count). The molecule has 6 aromatic carbocycles. The average Bonchev–Trinajstić information content (AvgIpc) is 3.19. The third-order valence-corrected chi connectivity index (χ3v) is 11.0. The van der Waals surface area contributed by atoms with Crippen molar-refractivity contribution in [1.82, 2.24) is 0 Å². The Morgan fingerprint density at radius 2 is 1.23 bits per heavy atom. The first-order valence-electron chi connectivity index (χ1n) is 19.1. The van der Waals surface area contributed by atoms with Crippen molar-refractivity contribution in [2.75, 3.05) is 0 Å². The van der Waals surface area contributed by atoms with Crippen LogP contribution in [0.25, 0.3) is 16.7 Å². The second kappa shape index (κ2) is 15.6. The molecule has 1 heterocycles. The highest BCUT2D eigenvalue weighted by Gasteiger charge is 2.32. The molecular formula is C50H50O3. The van der Waals surface area contributed by atoms with Gasteiger partial charge in [0.2, 0.25) is 0 Å². The Labute approximate surface area is 315 Å². The Bertz CT molecular complexity index is 2250. The van der Waals surface area contributed by atoms with E-state index in [-0.39, 0.29) is 17.8 Å². The summed E-state index contributed by atoms with van der Waals surface area (Å²) in [6.45, 7) is 15.7. The molecule has 0 amide bonds. The maximum absolute atomic E-state index is 7.06. The van der Waals surface area contributed by atoms with Gasteiger partial charge < -0.3 is 14.2 Å². The molecule has 53 heavy (non-hydrogen) atoms. The van der Waals surface area contributed by atoms with Gasteiger partial charge in [0.1, 0.15) is 11.5 Å². The number of allylic oxidation sites excluding steroid dienone is 1. The summed E-state index contributed by atoms with van der Waals surface area (Å²) in [5, 5.41) is 0. The first-order chi connectivity index (χ1) is 25.8. The van der Waals surface area contributed by atoms with Crippen LogP contribution in [0.15, 0.2) is 133 Å². The molecule has 3 unspecified atom stereocenters. The highest BCUT2D eigenvalue weighted by molar-refractivity contribution is 5.87. The molecule has 0 N–H and O–H groups in total. The lowest BCUT2D eigenvalue weighted by Crippen LogP contribution is -2.10. The van der Waals surface area contributed by atoms with Crippen LogP contribution in [0, 0.1) is 13.8 Å². The summed E-state index contributed by atoms with van der Waals surface area (Å²) >= 11 is 0. The van der Waals surface area contributed by atoms with Crippen molar-refractivity contribution in [2.45, 2.75) is 79.1 Å². The smallest absolute Gasteiger partial charge is 0.178 e. The van der Waals surface area contributed by atoms with Crippen LogP contribution in [-0.2, 0) is 0 Å².